The lowest BCUT2D eigenvalue weighted by Crippen LogP contribution is -1.98. The molecule has 76 valence electrons. The maximum absolute atomic E-state index is 8.91. The second-order valence-corrected chi connectivity index (χ2v) is 2.98. The van der Waals surface area contributed by atoms with Crippen LogP contribution in [-0.2, 0) is 6.54 Å². The van der Waals surface area contributed by atoms with Crippen molar-refractivity contribution in [1.82, 2.24) is 14.5 Å². The maximum Gasteiger partial charge on any atom is 0.215 e. The molecule has 0 N–H and O–H groups in total. The van der Waals surface area contributed by atoms with Gasteiger partial charge < -0.3 is 9.30 Å². The quantitative estimate of drug-likeness (QED) is 0.737. The number of nitrogens with zero attached hydrogens (tertiary/aromatic N) is 4. The van der Waals surface area contributed by atoms with Gasteiger partial charge in [-0.05, 0) is 6.92 Å². The molecule has 15 heavy (non-hydrogen) atoms. The van der Waals surface area contributed by atoms with Crippen LogP contribution >= 0.6 is 0 Å². The van der Waals surface area contributed by atoms with Crippen molar-refractivity contribution in [2.75, 3.05) is 7.11 Å². The van der Waals surface area contributed by atoms with Crippen molar-refractivity contribution in [3.63, 3.8) is 0 Å². The second-order valence-electron chi connectivity index (χ2n) is 2.98. The average Bonchev–Trinajstić information content (AvgIpc) is 2.66. The molecular weight excluding hydrogens is 192 g/mol. The Labute approximate surface area is 86.9 Å². The Morgan fingerprint density at radius 1 is 1.60 bits per heavy atom. The van der Waals surface area contributed by atoms with Gasteiger partial charge in [0.2, 0.25) is 5.82 Å². The first-order valence-corrected chi connectivity index (χ1v) is 4.61. The van der Waals surface area contributed by atoms with Crippen LogP contribution in [0, 0.1) is 11.3 Å². The van der Waals surface area contributed by atoms with Crippen molar-refractivity contribution in [3.8, 4) is 11.8 Å². The number of hydrogen-bond donors (Lipinski definition) is 0. The summed E-state index contributed by atoms with van der Waals surface area (Å²) in [6, 6.07) is 3.78. The van der Waals surface area contributed by atoms with Gasteiger partial charge in [-0.25, -0.2) is 9.97 Å². The largest absolute Gasteiger partial charge is 0.494 e. The smallest absolute Gasteiger partial charge is 0.215 e. The molecule has 2 rings (SSSR count). The van der Waals surface area contributed by atoms with Crippen molar-refractivity contribution >= 4 is 11.2 Å². The normalized spacial score (nSPS) is 10.2. The number of nitriles is 1. The van der Waals surface area contributed by atoms with E-state index in [4.69, 9.17) is 10.00 Å². The van der Waals surface area contributed by atoms with Crippen molar-refractivity contribution < 1.29 is 4.74 Å². The average molecular weight is 202 g/mol. The number of rotatable bonds is 2. The summed E-state index contributed by atoms with van der Waals surface area (Å²) in [5.41, 5.74) is 1.33. The maximum atomic E-state index is 8.91. The number of ether oxygens (including phenoxy) is 1. The van der Waals surface area contributed by atoms with Crippen LogP contribution in [0.15, 0.2) is 12.3 Å². The molecule has 0 unspecified atom stereocenters. The van der Waals surface area contributed by atoms with E-state index in [1.807, 2.05) is 13.0 Å². The molecule has 0 aliphatic heterocycles. The standard InChI is InChI=1S/C10H10N4O/c1-3-14-8(6-11)13-9-7(15-2)4-5-12-10(9)14/h4-5H,3H2,1-2H3. The van der Waals surface area contributed by atoms with E-state index < -0.39 is 0 Å². The Morgan fingerprint density at radius 2 is 2.40 bits per heavy atom. The first kappa shape index (κ1) is 9.46. The number of hydrogen-bond acceptors (Lipinski definition) is 4. The molecule has 0 aliphatic rings. The Kier molecular flexibility index (Phi) is 2.26. The van der Waals surface area contributed by atoms with Crippen LogP contribution in [0.2, 0.25) is 0 Å². The fourth-order valence-electron chi connectivity index (χ4n) is 1.54. The van der Waals surface area contributed by atoms with E-state index in [0.29, 0.717) is 29.3 Å². The van der Waals surface area contributed by atoms with E-state index in [1.54, 1.807) is 23.9 Å². The molecule has 5 heteroatoms. The second kappa shape index (κ2) is 3.58. The van der Waals surface area contributed by atoms with Gasteiger partial charge in [-0.3, -0.25) is 0 Å². The van der Waals surface area contributed by atoms with Crippen molar-refractivity contribution in [2.24, 2.45) is 0 Å². The zero-order valence-electron chi connectivity index (χ0n) is 8.56. The summed E-state index contributed by atoms with van der Waals surface area (Å²) in [5.74, 6) is 1.01. The van der Waals surface area contributed by atoms with Gasteiger partial charge in [0.25, 0.3) is 0 Å². The minimum absolute atomic E-state index is 0.365. The molecule has 2 aromatic rings. The molecule has 0 fully saturated rings. The monoisotopic (exact) mass is 202 g/mol. The first-order valence-electron chi connectivity index (χ1n) is 4.61. The van der Waals surface area contributed by atoms with E-state index in [1.165, 1.54) is 0 Å². The highest BCUT2D eigenvalue weighted by atomic mass is 16.5. The fraction of sp³-hybridized carbons (Fsp3) is 0.300. The lowest BCUT2D eigenvalue weighted by Gasteiger charge is -2.00. The number of methoxy groups -OCH3 is 1. The van der Waals surface area contributed by atoms with Gasteiger partial charge in [0.1, 0.15) is 11.8 Å². The summed E-state index contributed by atoms with van der Waals surface area (Å²) in [4.78, 5) is 8.39. The predicted octanol–water partition coefficient (Wildman–Crippen LogP) is 1.33. The lowest BCUT2D eigenvalue weighted by molar-refractivity contribution is 0.418. The SMILES string of the molecule is CCn1c(C#N)nc2c(OC)ccnc21. The van der Waals surface area contributed by atoms with Gasteiger partial charge in [0.15, 0.2) is 11.2 Å². The van der Waals surface area contributed by atoms with Crippen LogP contribution in [0.3, 0.4) is 0 Å². The summed E-state index contributed by atoms with van der Waals surface area (Å²) in [6.45, 7) is 2.61. The summed E-state index contributed by atoms with van der Waals surface area (Å²) in [6.07, 6.45) is 1.65. The molecule has 2 heterocycles. The van der Waals surface area contributed by atoms with Gasteiger partial charge in [0, 0.05) is 18.8 Å². The molecule has 0 spiro atoms. The first-order chi connectivity index (χ1) is 7.31. The van der Waals surface area contributed by atoms with Crippen molar-refractivity contribution in [3.05, 3.63) is 18.1 Å². The van der Waals surface area contributed by atoms with Gasteiger partial charge in [-0.15, -0.1) is 0 Å². The third kappa shape index (κ3) is 1.31. The zero-order valence-corrected chi connectivity index (χ0v) is 8.56. The number of pyridine rings is 1. The van der Waals surface area contributed by atoms with Crippen LogP contribution in [0.4, 0.5) is 0 Å². The number of aryl methyl sites for hydroxylation is 1. The van der Waals surface area contributed by atoms with Crippen LogP contribution in [0.1, 0.15) is 12.7 Å². The van der Waals surface area contributed by atoms with Crippen LogP contribution in [0.5, 0.6) is 5.75 Å². The number of fused-ring (bicyclic) bond motifs is 1. The number of imidazole rings is 1. The van der Waals surface area contributed by atoms with Crippen molar-refractivity contribution in [1.29, 1.82) is 5.26 Å². The fourth-order valence-corrected chi connectivity index (χ4v) is 1.54. The molecule has 0 aromatic carbocycles. The predicted molar refractivity (Wildman–Crippen MR) is 54.5 cm³/mol. The molecule has 5 nitrogen and oxygen atoms in total. The molecule has 0 saturated carbocycles. The summed E-state index contributed by atoms with van der Waals surface area (Å²) < 4.78 is 6.92. The zero-order chi connectivity index (χ0) is 10.8. The van der Waals surface area contributed by atoms with Gasteiger partial charge in [-0.1, -0.05) is 0 Å². The minimum atomic E-state index is 0.365. The molecule has 0 bridgehead atoms. The highest BCUT2D eigenvalue weighted by Crippen LogP contribution is 2.23. The van der Waals surface area contributed by atoms with E-state index in [9.17, 15) is 0 Å². The number of aromatic nitrogens is 3. The van der Waals surface area contributed by atoms with Gasteiger partial charge in [0.05, 0.1) is 7.11 Å². The molecule has 0 atom stereocenters. The van der Waals surface area contributed by atoms with E-state index in [0.717, 1.165) is 0 Å². The molecule has 0 saturated heterocycles. The van der Waals surface area contributed by atoms with Gasteiger partial charge in [-0.2, -0.15) is 5.26 Å². The molecular formula is C10H10N4O. The third-order valence-corrected chi connectivity index (χ3v) is 2.23. The molecule has 0 radical (unpaired) electrons. The Hall–Kier alpha value is -2.09. The van der Waals surface area contributed by atoms with E-state index in [2.05, 4.69) is 9.97 Å². The lowest BCUT2D eigenvalue weighted by atomic mass is 10.4. The topological polar surface area (TPSA) is 63.7 Å². The van der Waals surface area contributed by atoms with Crippen molar-refractivity contribution in [2.45, 2.75) is 13.5 Å². The van der Waals surface area contributed by atoms with E-state index in [-0.39, 0.29) is 0 Å². The third-order valence-electron chi connectivity index (χ3n) is 2.23. The van der Waals surface area contributed by atoms with E-state index >= 15 is 0 Å². The Balaban J connectivity index is 2.82. The minimum Gasteiger partial charge on any atom is -0.494 e. The summed E-state index contributed by atoms with van der Waals surface area (Å²) in [7, 11) is 1.58. The Morgan fingerprint density at radius 3 is 3.00 bits per heavy atom. The summed E-state index contributed by atoms with van der Waals surface area (Å²) >= 11 is 0. The van der Waals surface area contributed by atoms with Gasteiger partial charge >= 0.3 is 0 Å². The molecule has 0 amide bonds. The highest BCUT2D eigenvalue weighted by molar-refractivity contribution is 5.79. The van der Waals surface area contributed by atoms with Crippen LogP contribution in [0.25, 0.3) is 11.2 Å². The highest BCUT2D eigenvalue weighted by Gasteiger charge is 2.13. The molecule has 0 aliphatic carbocycles. The molecule has 2 aromatic heterocycles. The summed E-state index contributed by atoms with van der Waals surface area (Å²) in [5, 5.41) is 8.91. The van der Waals surface area contributed by atoms with Crippen LogP contribution in [-0.4, -0.2) is 21.6 Å². The Bertz CT molecular complexity index is 538. The van der Waals surface area contributed by atoms with Crippen LogP contribution < -0.4 is 4.74 Å².